The van der Waals surface area contributed by atoms with Gasteiger partial charge in [0.05, 0.1) is 11.8 Å². The molecule has 0 aliphatic carbocycles. The molecule has 1 aromatic heterocycles. The Morgan fingerprint density at radius 1 is 1.59 bits per heavy atom. The molecule has 116 valence electrons. The van der Waals surface area contributed by atoms with Crippen LogP contribution < -0.4 is 10.1 Å². The van der Waals surface area contributed by atoms with E-state index >= 15 is 0 Å². The van der Waals surface area contributed by atoms with E-state index in [4.69, 9.17) is 10.00 Å². The number of halogens is 3. The molecule has 1 N–H and O–H groups in total. The normalized spacial score (nSPS) is 28.0. The molecule has 3 heterocycles. The highest BCUT2D eigenvalue weighted by Gasteiger charge is 2.54. The van der Waals surface area contributed by atoms with Crippen LogP contribution in [0.4, 0.5) is 18.9 Å². The molecule has 1 spiro atoms. The lowest BCUT2D eigenvalue weighted by Crippen LogP contribution is -2.52. The topological polar surface area (TPSA) is 78.2 Å². The zero-order chi connectivity index (χ0) is 16.1. The van der Waals surface area contributed by atoms with Gasteiger partial charge in [-0.25, -0.2) is 4.98 Å². The highest BCUT2D eigenvalue weighted by Crippen LogP contribution is 2.45. The summed E-state index contributed by atoms with van der Waals surface area (Å²) in [7, 11) is 1.61. The van der Waals surface area contributed by atoms with Gasteiger partial charge in [-0.05, 0) is 13.1 Å². The Morgan fingerprint density at radius 2 is 2.32 bits per heavy atom. The maximum absolute atomic E-state index is 13.0. The number of fused-ring (bicyclic) bond motifs is 1. The number of hydrogen-bond donors (Lipinski definition) is 1. The van der Waals surface area contributed by atoms with Gasteiger partial charge in [0.15, 0.2) is 11.4 Å². The third-order valence-electron chi connectivity index (χ3n) is 3.84. The van der Waals surface area contributed by atoms with Gasteiger partial charge in [0, 0.05) is 19.2 Å². The van der Waals surface area contributed by atoms with Gasteiger partial charge >= 0.3 is 6.18 Å². The van der Waals surface area contributed by atoms with Gasteiger partial charge in [-0.15, -0.1) is 0 Å². The van der Waals surface area contributed by atoms with Crippen LogP contribution in [0.2, 0.25) is 0 Å². The van der Waals surface area contributed by atoms with Crippen molar-refractivity contribution in [1.82, 2.24) is 9.88 Å². The Morgan fingerprint density at radius 3 is 2.91 bits per heavy atom. The molecule has 2 aliphatic heterocycles. The smallest absolute Gasteiger partial charge is 0.437 e. The van der Waals surface area contributed by atoms with E-state index in [0.717, 1.165) is 6.20 Å². The number of carbonyl (C=O) groups is 1. The molecular formula is C13H11F3N4O2. The van der Waals surface area contributed by atoms with E-state index < -0.39 is 35.2 Å². The molecule has 0 radical (unpaired) electrons. The first-order valence-electron chi connectivity index (χ1n) is 6.43. The number of hydrogen-bond acceptors (Lipinski definition) is 5. The largest absolute Gasteiger partial charge is 0.471 e. The molecular weight excluding hydrogens is 301 g/mol. The van der Waals surface area contributed by atoms with Crippen LogP contribution in [0, 0.1) is 11.3 Å². The molecule has 2 aliphatic rings. The molecule has 2 atom stereocenters. The first-order chi connectivity index (χ1) is 10.3. The van der Waals surface area contributed by atoms with E-state index in [9.17, 15) is 18.0 Å². The maximum Gasteiger partial charge on any atom is 0.437 e. The number of anilines is 1. The predicted octanol–water partition coefficient (Wildman–Crippen LogP) is 1.40. The lowest BCUT2D eigenvalue weighted by molar-refractivity contribution is -0.146. The summed E-state index contributed by atoms with van der Waals surface area (Å²) in [5.74, 6) is -1.05. The fourth-order valence-electron chi connectivity index (χ4n) is 2.76. The van der Waals surface area contributed by atoms with Crippen molar-refractivity contribution in [2.24, 2.45) is 0 Å². The zero-order valence-corrected chi connectivity index (χ0v) is 11.4. The van der Waals surface area contributed by atoms with Gasteiger partial charge in [-0.1, -0.05) is 0 Å². The Bertz CT molecular complexity index is 685. The molecule has 0 bridgehead atoms. The van der Waals surface area contributed by atoms with Crippen molar-refractivity contribution in [3.63, 3.8) is 0 Å². The van der Waals surface area contributed by atoms with Crippen LogP contribution in [0.3, 0.4) is 0 Å². The number of pyridine rings is 1. The van der Waals surface area contributed by atoms with Crippen molar-refractivity contribution < 1.29 is 22.7 Å². The number of likely N-dealkylation sites (tertiary alicyclic amines) is 1. The second-order valence-electron chi connectivity index (χ2n) is 5.35. The number of amides is 1. The first-order valence-corrected chi connectivity index (χ1v) is 6.43. The van der Waals surface area contributed by atoms with Crippen molar-refractivity contribution in [3.8, 4) is 11.8 Å². The first kappa shape index (κ1) is 14.6. The second kappa shape index (κ2) is 4.58. The quantitative estimate of drug-likeness (QED) is 0.783. The van der Waals surface area contributed by atoms with Crippen molar-refractivity contribution in [2.75, 3.05) is 18.9 Å². The number of nitriles is 1. The number of nitrogens with one attached hydrogen (secondary N) is 1. The second-order valence-corrected chi connectivity index (χ2v) is 5.35. The standard InChI is InChI=1S/C13H11F3N4O2/c1-20-6-12(4-7(20)5-17)11(21)19-8-2-3-18-10(9(8)22-12)13(14,15)16/h2-3,7H,4,6H2,1H3,(H,19,21)/t7-,12+/m0/s1. The fraction of sp³-hybridized carbons (Fsp3) is 0.462. The van der Waals surface area contributed by atoms with E-state index in [-0.39, 0.29) is 18.7 Å². The van der Waals surface area contributed by atoms with Crippen LogP contribution in [0.15, 0.2) is 12.3 Å². The van der Waals surface area contributed by atoms with E-state index in [1.165, 1.54) is 6.07 Å². The summed E-state index contributed by atoms with van der Waals surface area (Å²) in [5, 5.41) is 11.5. The van der Waals surface area contributed by atoms with E-state index in [1.807, 2.05) is 6.07 Å². The molecule has 1 aromatic rings. The average molecular weight is 312 g/mol. The Hall–Kier alpha value is -2.34. The molecule has 3 rings (SSSR count). The molecule has 22 heavy (non-hydrogen) atoms. The van der Waals surface area contributed by atoms with Crippen molar-refractivity contribution in [2.45, 2.75) is 24.2 Å². The monoisotopic (exact) mass is 312 g/mol. The molecule has 0 aromatic carbocycles. The van der Waals surface area contributed by atoms with E-state index in [0.29, 0.717) is 0 Å². The molecule has 6 nitrogen and oxygen atoms in total. The number of alkyl halides is 3. The third-order valence-corrected chi connectivity index (χ3v) is 3.84. The van der Waals surface area contributed by atoms with Crippen LogP contribution in [0.25, 0.3) is 0 Å². The van der Waals surface area contributed by atoms with Gasteiger partial charge in [0.25, 0.3) is 5.91 Å². The SMILES string of the molecule is CN1C[C@@]2(C[C@H]1C#N)Oc1c(ccnc1C(F)(F)F)NC2=O. The number of rotatable bonds is 0. The summed E-state index contributed by atoms with van der Waals surface area (Å²) in [5.41, 5.74) is -2.76. The molecule has 0 saturated carbocycles. The summed E-state index contributed by atoms with van der Waals surface area (Å²) in [6.45, 7) is 0.0304. The summed E-state index contributed by atoms with van der Waals surface area (Å²) >= 11 is 0. The maximum atomic E-state index is 13.0. The number of aromatic nitrogens is 1. The minimum atomic E-state index is -4.70. The van der Waals surface area contributed by atoms with E-state index in [1.54, 1.807) is 11.9 Å². The number of nitrogens with zero attached hydrogens (tertiary/aromatic N) is 3. The van der Waals surface area contributed by atoms with Crippen LogP contribution in [0.1, 0.15) is 12.1 Å². The van der Waals surface area contributed by atoms with Gasteiger partial charge in [0.2, 0.25) is 5.60 Å². The van der Waals surface area contributed by atoms with Gasteiger partial charge in [0.1, 0.15) is 6.04 Å². The van der Waals surface area contributed by atoms with Crippen LogP contribution in [-0.4, -0.2) is 41.0 Å². The highest BCUT2D eigenvalue weighted by molar-refractivity contribution is 6.01. The molecule has 1 amide bonds. The predicted molar refractivity (Wildman–Crippen MR) is 67.9 cm³/mol. The van der Waals surface area contributed by atoms with Gasteiger partial charge in [-0.2, -0.15) is 18.4 Å². The Labute approximate surface area is 123 Å². The van der Waals surface area contributed by atoms with Crippen LogP contribution in [-0.2, 0) is 11.0 Å². The van der Waals surface area contributed by atoms with E-state index in [2.05, 4.69) is 10.3 Å². The van der Waals surface area contributed by atoms with Crippen LogP contribution >= 0.6 is 0 Å². The fourth-order valence-corrected chi connectivity index (χ4v) is 2.76. The van der Waals surface area contributed by atoms with Crippen LogP contribution in [0.5, 0.6) is 5.75 Å². The minimum absolute atomic E-state index is 0.00252. The van der Waals surface area contributed by atoms with Crippen molar-refractivity contribution in [1.29, 1.82) is 5.26 Å². The number of carbonyl (C=O) groups excluding carboxylic acids is 1. The van der Waals surface area contributed by atoms with Gasteiger partial charge < -0.3 is 10.1 Å². The summed E-state index contributed by atoms with van der Waals surface area (Å²) in [4.78, 5) is 17.2. The lowest BCUT2D eigenvalue weighted by atomic mass is 9.97. The molecule has 0 unspecified atom stereocenters. The highest BCUT2D eigenvalue weighted by atomic mass is 19.4. The molecule has 9 heteroatoms. The molecule has 1 saturated heterocycles. The lowest BCUT2D eigenvalue weighted by Gasteiger charge is -2.34. The number of ether oxygens (including phenoxy) is 1. The summed E-state index contributed by atoms with van der Waals surface area (Å²) in [6.07, 6.45) is -3.74. The Balaban J connectivity index is 2.06. The zero-order valence-electron chi connectivity index (χ0n) is 11.4. The third kappa shape index (κ3) is 2.07. The Kier molecular flexibility index (Phi) is 3.04. The minimum Gasteiger partial charge on any atom is -0.471 e. The average Bonchev–Trinajstić information content (AvgIpc) is 2.75. The summed E-state index contributed by atoms with van der Waals surface area (Å²) in [6, 6.07) is 2.65. The number of likely N-dealkylation sites (N-methyl/N-ethyl adjacent to an activating group) is 1. The summed E-state index contributed by atoms with van der Waals surface area (Å²) < 4.78 is 44.6. The van der Waals surface area contributed by atoms with Crippen molar-refractivity contribution >= 4 is 11.6 Å². The molecule has 1 fully saturated rings. The van der Waals surface area contributed by atoms with Crippen molar-refractivity contribution in [3.05, 3.63) is 18.0 Å². The van der Waals surface area contributed by atoms with Gasteiger partial charge in [-0.3, -0.25) is 9.69 Å².